The molecule has 2 aliphatic rings. The SMILES string of the molecule is Cn1cc(-c2cnc(N3CCOCC3)nc2)cc1C(=O)NCCCN1CCOCC1.O=C(O)C(F)(F)F.O=C(O)C(F)(F)F. The van der Waals surface area contributed by atoms with Gasteiger partial charge in [0.15, 0.2) is 0 Å². The molecule has 1 amide bonds. The van der Waals surface area contributed by atoms with Gasteiger partial charge in [-0.15, -0.1) is 0 Å². The summed E-state index contributed by atoms with van der Waals surface area (Å²) in [5, 5.41) is 17.3. The number of carbonyl (C=O) groups is 3. The molecule has 2 aliphatic heterocycles. The number of aryl methyl sites for hydroxylation is 1. The molecule has 2 aromatic heterocycles. The first-order valence-corrected chi connectivity index (χ1v) is 13.1. The summed E-state index contributed by atoms with van der Waals surface area (Å²) in [6, 6.07) is 1.89. The number of hydrogen-bond donors (Lipinski definition) is 3. The van der Waals surface area contributed by atoms with Crippen molar-refractivity contribution in [2.24, 2.45) is 7.05 Å². The Morgan fingerprint density at radius 1 is 0.864 bits per heavy atom. The molecule has 13 nitrogen and oxygen atoms in total. The van der Waals surface area contributed by atoms with E-state index >= 15 is 0 Å². The number of carboxylic acids is 2. The van der Waals surface area contributed by atoms with E-state index in [1.807, 2.05) is 36.3 Å². The highest BCUT2D eigenvalue weighted by Gasteiger charge is 2.38. The highest BCUT2D eigenvalue weighted by molar-refractivity contribution is 5.94. The maximum atomic E-state index is 12.6. The number of amides is 1. The lowest BCUT2D eigenvalue weighted by atomic mass is 10.2. The number of morpholine rings is 2. The molecule has 2 fully saturated rings. The molecule has 44 heavy (non-hydrogen) atoms. The van der Waals surface area contributed by atoms with Gasteiger partial charge in [0.05, 0.1) is 26.4 Å². The minimum atomic E-state index is -5.08. The van der Waals surface area contributed by atoms with Crippen LogP contribution in [0.2, 0.25) is 0 Å². The standard InChI is InChI=1S/C21H30N6O3.2C2HF3O2/c1-25-16-17(18-14-23-21(24-15-18)27-7-11-30-12-8-27)13-19(25)20(28)22-3-2-4-26-5-9-29-10-6-26;2*3-2(4,5)1(6)7/h13-16H,2-12H2,1H3,(H,22,28);2*(H,6,7). The average molecular weight is 643 g/mol. The number of anilines is 1. The molecule has 0 radical (unpaired) electrons. The number of nitrogens with one attached hydrogen (secondary N) is 1. The molecule has 0 aliphatic carbocycles. The number of aliphatic carboxylic acids is 2. The van der Waals surface area contributed by atoms with E-state index in [0.29, 0.717) is 25.5 Å². The molecule has 0 aromatic carbocycles. The molecule has 4 heterocycles. The summed E-state index contributed by atoms with van der Waals surface area (Å²) >= 11 is 0. The minimum Gasteiger partial charge on any atom is -0.475 e. The Balaban J connectivity index is 0.000000402. The number of alkyl halides is 6. The van der Waals surface area contributed by atoms with Crippen molar-refractivity contribution in [1.29, 1.82) is 0 Å². The second-order valence-electron chi connectivity index (χ2n) is 9.27. The molecular formula is C25H32F6N6O7. The summed E-state index contributed by atoms with van der Waals surface area (Å²) < 4.78 is 76.1. The van der Waals surface area contributed by atoms with Crippen LogP contribution in [0.5, 0.6) is 0 Å². The molecule has 0 saturated carbocycles. The van der Waals surface area contributed by atoms with Gasteiger partial charge in [0.1, 0.15) is 5.69 Å². The predicted octanol–water partition coefficient (Wildman–Crippen LogP) is 2.04. The Morgan fingerprint density at radius 2 is 1.34 bits per heavy atom. The van der Waals surface area contributed by atoms with Crippen molar-refractivity contribution < 1.29 is 60.4 Å². The summed E-state index contributed by atoms with van der Waals surface area (Å²) in [5.41, 5.74) is 2.46. The second-order valence-corrected chi connectivity index (χ2v) is 9.27. The smallest absolute Gasteiger partial charge is 0.475 e. The third kappa shape index (κ3) is 12.3. The van der Waals surface area contributed by atoms with Gasteiger partial charge in [0.2, 0.25) is 5.95 Å². The van der Waals surface area contributed by atoms with Crippen molar-refractivity contribution in [2.45, 2.75) is 18.8 Å². The molecule has 0 atom stereocenters. The summed E-state index contributed by atoms with van der Waals surface area (Å²) in [7, 11) is 1.88. The largest absolute Gasteiger partial charge is 0.490 e. The van der Waals surface area contributed by atoms with Crippen molar-refractivity contribution in [3.05, 3.63) is 30.4 Å². The van der Waals surface area contributed by atoms with Crippen LogP contribution in [-0.2, 0) is 26.1 Å². The molecule has 2 aromatic rings. The minimum absolute atomic E-state index is 0.0587. The van der Waals surface area contributed by atoms with Gasteiger partial charge in [-0.05, 0) is 19.0 Å². The van der Waals surface area contributed by atoms with Crippen LogP contribution in [0.1, 0.15) is 16.9 Å². The third-order valence-corrected chi connectivity index (χ3v) is 6.03. The van der Waals surface area contributed by atoms with E-state index in [-0.39, 0.29) is 5.91 Å². The van der Waals surface area contributed by atoms with Gasteiger partial charge in [-0.25, -0.2) is 19.6 Å². The van der Waals surface area contributed by atoms with Gasteiger partial charge in [-0.3, -0.25) is 9.69 Å². The Kier molecular flexibility index (Phi) is 13.8. The highest BCUT2D eigenvalue weighted by atomic mass is 19.4. The van der Waals surface area contributed by atoms with Crippen LogP contribution in [0.25, 0.3) is 11.1 Å². The summed E-state index contributed by atoms with van der Waals surface area (Å²) in [5.74, 6) is -4.85. The summed E-state index contributed by atoms with van der Waals surface area (Å²) in [6.45, 7) is 8.21. The van der Waals surface area contributed by atoms with E-state index in [0.717, 1.165) is 69.4 Å². The number of carbonyl (C=O) groups excluding carboxylic acids is 1. The van der Waals surface area contributed by atoms with E-state index in [1.54, 1.807) is 0 Å². The summed E-state index contributed by atoms with van der Waals surface area (Å²) in [6.07, 6.45) is -3.66. The zero-order valence-corrected chi connectivity index (χ0v) is 23.5. The van der Waals surface area contributed by atoms with Gasteiger partial charge in [0, 0.05) is 69.5 Å². The third-order valence-electron chi connectivity index (χ3n) is 6.03. The molecule has 0 bridgehead atoms. The summed E-state index contributed by atoms with van der Waals surface area (Å²) in [4.78, 5) is 43.9. The fourth-order valence-corrected chi connectivity index (χ4v) is 3.76. The highest BCUT2D eigenvalue weighted by Crippen LogP contribution is 2.22. The second kappa shape index (κ2) is 16.8. The normalized spacial score (nSPS) is 15.8. The van der Waals surface area contributed by atoms with Crippen LogP contribution in [-0.4, -0.2) is 126 Å². The van der Waals surface area contributed by atoms with Gasteiger partial charge in [-0.1, -0.05) is 0 Å². The molecule has 4 rings (SSSR count). The van der Waals surface area contributed by atoms with Gasteiger partial charge in [0.25, 0.3) is 5.91 Å². The Bertz CT molecular complexity index is 1190. The first-order valence-electron chi connectivity index (χ1n) is 13.1. The van der Waals surface area contributed by atoms with E-state index in [1.165, 1.54) is 0 Å². The number of rotatable bonds is 7. The van der Waals surface area contributed by atoms with Crippen LogP contribution in [0.4, 0.5) is 32.3 Å². The van der Waals surface area contributed by atoms with E-state index in [4.69, 9.17) is 29.3 Å². The Hall–Kier alpha value is -3.97. The maximum absolute atomic E-state index is 12.6. The van der Waals surface area contributed by atoms with Crippen molar-refractivity contribution in [3.8, 4) is 11.1 Å². The number of ether oxygens (including phenoxy) is 2. The fraction of sp³-hybridized carbons (Fsp3) is 0.560. The van der Waals surface area contributed by atoms with Gasteiger partial charge in [-0.2, -0.15) is 26.3 Å². The van der Waals surface area contributed by atoms with E-state index in [2.05, 4.69) is 25.1 Å². The van der Waals surface area contributed by atoms with Crippen LogP contribution < -0.4 is 10.2 Å². The quantitative estimate of drug-likeness (QED) is 0.300. The number of hydrogen-bond acceptors (Lipinski definition) is 9. The molecule has 246 valence electrons. The Morgan fingerprint density at radius 3 is 1.82 bits per heavy atom. The van der Waals surface area contributed by atoms with E-state index in [9.17, 15) is 31.1 Å². The number of aromatic nitrogens is 3. The molecule has 0 spiro atoms. The first kappa shape index (κ1) is 36.2. The van der Waals surface area contributed by atoms with Crippen molar-refractivity contribution >= 4 is 23.8 Å². The van der Waals surface area contributed by atoms with Crippen molar-refractivity contribution in [1.82, 2.24) is 24.8 Å². The number of halogens is 6. The topological polar surface area (TPSA) is 159 Å². The lowest BCUT2D eigenvalue weighted by Gasteiger charge is -2.26. The Labute approximate surface area is 247 Å². The lowest BCUT2D eigenvalue weighted by molar-refractivity contribution is -0.193. The lowest BCUT2D eigenvalue weighted by Crippen LogP contribution is -2.38. The van der Waals surface area contributed by atoms with Crippen LogP contribution >= 0.6 is 0 Å². The zero-order chi connectivity index (χ0) is 32.9. The maximum Gasteiger partial charge on any atom is 0.490 e. The molecular weight excluding hydrogens is 610 g/mol. The average Bonchev–Trinajstić information content (AvgIpc) is 3.37. The van der Waals surface area contributed by atoms with E-state index < -0.39 is 24.3 Å². The van der Waals surface area contributed by atoms with Crippen molar-refractivity contribution in [2.75, 3.05) is 70.6 Å². The molecule has 3 N–H and O–H groups in total. The zero-order valence-electron chi connectivity index (χ0n) is 23.5. The van der Waals surface area contributed by atoms with Gasteiger partial charge < -0.3 is 34.5 Å². The van der Waals surface area contributed by atoms with Crippen molar-refractivity contribution in [3.63, 3.8) is 0 Å². The number of nitrogens with zero attached hydrogens (tertiary/aromatic N) is 5. The molecule has 19 heteroatoms. The monoisotopic (exact) mass is 642 g/mol. The fourth-order valence-electron chi connectivity index (χ4n) is 3.76. The first-order chi connectivity index (χ1) is 20.6. The van der Waals surface area contributed by atoms with Crippen LogP contribution in [0.3, 0.4) is 0 Å². The number of carboxylic acid groups (broad SMARTS) is 2. The predicted molar refractivity (Wildman–Crippen MR) is 141 cm³/mol. The van der Waals surface area contributed by atoms with Crippen LogP contribution in [0, 0.1) is 0 Å². The van der Waals surface area contributed by atoms with Crippen LogP contribution in [0.15, 0.2) is 24.7 Å². The van der Waals surface area contributed by atoms with Gasteiger partial charge >= 0.3 is 24.3 Å². The molecule has 2 saturated heterocycles. The molecule has 0 unspecified atom stereocenters.